The zero-order chi connectivity index (χ0) is 12.3. The lowest BCUT2D eigenvalue weighted by atomic mass is 10.2. The van der Waals surface area contributed by atoms with Gasteiger partial charge in [0, 0.05) is 12.2 Å². The van der Waals surface area contributed by atoms with Gasteiger partial charge in [0.15, 0.2) is 0 Å². The van der Waals surface area contributed by atoms with Crippen LogP contribution in [0.25, 0.3) is 0 Å². The largest absolute Gasteiger partial charge is 0.508 e. The Balaban J connectivity index is 2.02. The average molecular weight is 296 g/mol. The molecule has 0 saturated carbocycles. The van der Waals surface area contributed by atoms with Gasteiger partial charge in [0.25, 0.3) is 0 Å². The van der Waals surface area contributed by atoms with E-state index in [2.05, 4.69) is 21.2 Å². The van der Waals surface area contributed by atoms with E-state index >= 15 is 0 Å². The monoisotopic (exact) mass is 295 g/mol. The fourth-order valence-corrected chi connectivity index (χ4v) is 1.86. The van der Waals surface area contributed by atoms with Gasteiger partial charge in [0.1, 0.15) is 11.6 Å². The summed E-state index contributed by atoms with van der Waals surface area (Å²) in [6.07, 6.45) is 0. The number of rotatable bonds is 3. The summed E-state index contributed by atoms with van der Waals surface area (Å²) in [7, 11) is 0. The van der Waals surface area contributed by atoms with E-state index in [4.69, 9.17) is 5.11 Å². The van der Waals surface area contributed by atoms with Gasteiger partial charge in [-0.25, -0.2) is 4.39 Å². The summed E-state index contributed by atoms with van der Waals surface area (Å²) < 4.78 is 13.5. The summed E-state index contributed by atoms with van der Waals surface area (Å²) in [5.74, 6) is -0.0292. The van der Waals surface area contributed by atoms with Crippen LogP contribution < -0.4 is 5.32 Å². The third kappa shape index (κ3) is 3.20. The summed E-state index contributed by atoms with van der Waals surface area (Å²) in [6, 6.07) is 11.7. The Morgan fingerprint density at radius 3 is 2.47 bits per heavy atom. The first-order valence-corrected chi connectivity index (χ1v) is 5.91. The van der Waals surface area contributed by atoms with Crippen LogP contribution in [-0.2, 0) is 6.54 Å². The maximum atomic E-state index is 13.0. The molecule has 2 rings (SSSR count). The predicted molar refractivity (Wildman–Crippen MR) is 69.5 cm³/mol. The molecular weight excluding hydrogens is 285 g/mol. The van der Waals surface area contributed by atoms with Crippen molar-refractivity contribution in [2.75, 3.05) is 5.32 Å². The SMILES string of the molecule is Oc1ccc(NCc2ccc(F)c(Br)c2)cc1. The number of nitrogens with one attached hydrogen (secondary N) is 1. The standard InChI is InChI=1S/C13H11BrFNO/c14-12-7-9(1-6-13(12)15)8-16-10-2-4-11(17)5-3-10/h1-7,16-17H,8H2. The number of hydrogen-bond acceptors (Lipinski definition) is 2. The number of benzene rings is 2. The molecule has 0 saturated heterocycles. The third-order valence-corrected chi connectivity index (χ3v) is 2.96. The molecule has 0 atom stereocenters. The molecule has 0 spiro atoms. The second kappa shape index (κ2) is 5.19. The molecule has 2 aromatic rings. The Morgan fingerprint density at radius 1 is 1.12 bits per heavy atom. The van der Waals surface area contributed by atoms with Crippen LogP contribution in [0, 0.1) is 5.82 Å². The van der Waals surface area contributed by atoms with Gasteiger partial charge in [-0.15, -0.1) is 0 Å². The summed E-state index contributed by atoms with van der Waals surface area (Å²) in [6.45, 7) is 0.601. The van der Waals surface area contributed by atoms with Crippen molar-refractivity contribution in [2.45, 2.75) is 6.54 Å². The number of hydrogen-bond donors (Lipinski definition) is 2. The molecule has 0 heterocycles. The number of phenols is 1. The fraction of sp³-hybridized carbons (Fsp3) is 0.0769. The van der Waals surface area contributed by atoms with Crippen LogP contribution in [-0.4, -0.2) is 5.11 Å². The van der Waals surface area contributed by atoms with Crippen LogP contribution in [0.5, 0.6) is 5.75 Å². The predicted octanol–water partition coefficient (Wildman–Crippen LogP) is 3.91. The van der Waals surface area contributed by atoms with Crippen LogP contribution >= 0.6 is 15.9 Å². The van der Waals surface area contributed by atoms with Crippen molar-refractivity contribution in [3.63, 3.8) is 0 Å². The van der Waals surface area contributed by atoms with Crippen LogP contribution in [0.3, 0.4) is 0 Å². The quantitative estimate of drug-likeness (QED) is 0.842. The molecule has 2 aromatic carbocycles. The van der Waals surface area contributed by atoms with E-state index in [1.54, 1.807) is 36.4 Å². The van der Waals surface area contributed by atoms with E-state index in [1.807, 2.05) is 0 Å². The van der Waals surface area contributed by atoms with Gasteiger partial charge < -0.3 is 10.4 Å². The minimum Gasteiger partial charge on any atom is -0.508 e. The van der Waals surface area contributed by atoms with E-state index in [0.29, 0.717) is 11.0 Å². The van der Waals surface area contributed by atoms with Gasteiger partial charge in [0.2, 0.25) is 0 Å². The van der Waals surface area contributed by atoms with Gasteiger partial charge in [-0.1, -0.05) is 6.07 Å². The van der Waals surface area contributed by atoms with E-state index in [1.165, 1.54) is 6.07 Å². The molecule has 0 aliphatic carbocycles. The zero-order valence-electron chi connectivity index (χ0n) is 8.95. The van der Waals surface area contributed by atoms with Crippen molar-refractivity contribution in [3.8, 4) is 5.75 Å². The number of anilines is 1. The molecule has 0 aliphatic rings. The Bertz CT molecular complexity index is 513. The second-order valence-corrected chi connectivity index (χ2v) is 4.50. The molecule has 0 aromatic heterocycles. The molecule has 2 nitrogen and oxygen atoms in total. The van der Waals surface area contributed by atoms with Gasteiger partial charge >= 0.3 is 0 Å². The van der Waals surface area contributed by atoms with Crippen LogP contribution in [0.4, 0.5) is 10.1 Å². The number of aromatic hydroxyl groups is 1. The molecule has 0 aliphatic heterocycles. The Morgan fingerprint density at radius 2 is 1.82 bits per heavy atom. The number of halogens is 2. The van der Waals surface area contributed by atoms with Gasteiger partial charge in [0.05, 0.1) is 4.47 Å². The molecular formula is C13H11BrFNO. The van der Waals surface area contributed by atoms with Crippen molar-refractivity contribution in [1.29, 1.82) is 0 Å². The lowest BCUT2D eigenvalue weighted by Gasteiger charge is -2.07. The molecule has 2 N–H and O–H groups in total. The van der Waals surface area contributed by atoms with Gasteiger partial charge in [-0.3, -0.25) is 0 Å². The first-order chi connectivity index (χ1) is 8.15. The molecule has 17 heavy (non-hydrogen) atoms. The van der Waals surface area contributed by atoms with Crippen molar-refractivity contribution in [2.24, 2.45) is 0 Å². The van der Waals surface area contributed by atoms with E-state index in [-0.39, 0.29) is 11.6 Å². The van der Waals surface area contributed by atoms with Gasteiger partial charge in [-0.2, -0.15) is 0 Å². The van der Waals surface area contributed by atoms with Crippen LogP contribution in [0.2, 0.25) is 0 Å². The smallest absolute Gasteiger partial charge is 0.137 e. The Kier molecular flexibility index (Phi) is 3.64. The topological polar surface area (TPSA) is 32.3 Å². The maximum absolute atomic E-state index is 13.0. The van der Waals surface area contributed by atoms with Crippen LogP contribution in [0.15, 0.2) is 46.9 Å². The molecule has 0 fully saturated rings. The zero-order valence-corrected chi connectivity index (χ0v) is 10.5. The summed E-state index contributed by atoms with van der Waals surface area (Å²) in [4.78, 5) is 0. The highest BCUT2D eigenvalue weighted by Gasteiger charge is 2.00. The van der Waals surface area contributed by atoms with Crippen LogP contribution in [0.1, 0.15) is 5.56 Å². The first kappa shape index (κ1) is 11.9. The normalized spacial score (nSPS) is 10.2. The maximum Gasteiger partial charge on any atom is 0.137 e. The lowest BCUT2D eigenvalue weighted by Crippen LogP contribution is -1.99. The Hall–Kier alpha value is -1.55. The second-order valence-electron chi connectivity index (χ2n) is 3.65. The fourth-order valence-electron chi connectivity index (χ4n) is 1.43. The van der Waals surface area contributed by atoms with Gasteiger partial charge in [-0.05, 0) is 57.9 Å². The molecule has 0 bridgehead atoms. The summed E-state index contributed by atoms with van der Waals surface area (Å²) >= 11 is 3.15. The first-order valence-electron chi connectivity index (χ1n) is 5.12. The Labute approximate surface area is 107 Å². The van der Waals surface area contributed by atoms with Crippen molar-refractivity contribution < 1.29 is 9.50 Å². The minimum atomic E-state index is -0.265. The molecule has 0 radical (unpaired) electrons. The molecule has 0 unspecified atom stereocenters. The highest BCUT2D eigenvalue weighted by atomic mass is 79.9. The average Bonchev–Trinajstić information content (AvgIpc) is 2.33. The lowest BCUT2D eigenvalue weighted by molar-refractivity contribution is 0.475. The summed E-state index contributed by atoms with van der Waals surface area (Å²) in [5, 5.41) is 12.3. The van der Waals surface area contributed by atoms with E-state index < -0.39 is 0 Å². The van der Waals surface area contributed by atoms with Crippen molar-refractivity contribution >= 4 is 21.6 Å². The molecule has 4 heteroatoms. The highest BCUT2D eigenvalue weighted by molar-refractivity contribution is 9.10. The third-order valence-electron chi connectivity index (χ3n) is 2.35. The van der Waals surface area contributed by atoms with E-state index in [0.717, 1.165) is 11.3 Å². The number of phenolic OH excluding ortho intramolecular Hbond substituents is 1. The summed E-state index contributed by atoms with van der Waals surface area (Å²) in [5.41, 5.74) is 1.88. The minimum absolute atomic E-state index is 0.236. The van der Waals surface area contributed by atoms with Crippen molar-refractivity contribution in [3.05, 3.63) is 58.3 Å². The van der Waals surface area contributed by atoms with E-state index in [9.17, 15) is 4.39 Å². The van der Waals surface area contributed by atoms with Crippen molar-refractivity contribution in [1.82, 2.24) is 0 Å². The molecule has 88 valence electrons. The highest BCUT2D eigenvalue weighted by Crippen LogP contribution is 2.18. The molecule has 0 amide bonds.